The predicted molar refractivity (Wildman–Crippen MR) is 79.9 cm³/mol. The van der Waals surface area contributed by atoms with Crippen molar-refractivity contribution in [3.63, 3.8) is 0 Å². The summed E-state index contributed by atoms with van der Waals surface area (Å²) >= 11 is 1.57. The fourth-order valence-electron chi connectivity index (χ4n) is 2.62. The van der Waals surface area contributed by atoms with Crippen LogP contribution in [-0.4, -0.2) is 35.1 Å². The molecule has 5 heteroatoms. The second-order valence-electron chi connectivity index (χ2n) is 5.34. The van der Waals surface area contributed by atoms with Crippen molar-refractivity contribution >= 4 is 29.3 Å². The van der Waals surface area contributed by atoms with E-state index in [0.29, 0.717) is 6.42 Å². The van der Waals surface area contributed by atoms with E-state index in [1.54, 1.807) is 11.8 Å². The molecule has 0 radical (unpaired) electrons. The van der Waals surface area contributed by atoms with Crippen LogP contribution in [0.1, 0.15) is 25.3 Å². The standard InChI is InChI=1S/C15H18N2O2S/c1-10-15(19)16-12-8-11(4-5-13(12)20-10)9-14(18)17-6-2-3-7-17/h4-5,8,10H,2-3,6-7,9H2,1H3,(H,16,19). The zero-order valence-corrected chi connectivity index (χ0v) is 12.3. The molecule has 1 N–H and O–H groups in total. The molecule has 2 aliphatic rings. The number of anilines is 1. The molecule has 2 amide bonds. The minimum Gasteiger partial charge on any atom is -0.342 e. The predicted octanol–water partition coefficient (Wildman–Crippen LogP) is 2.28. The molecule has 4 nitrogen and oxygen atoms in total. The van der Waals surface area contributed by atoms with Gasteiger partial charge in [-0.1, -0.05) is 6.07 Å². The zero-order valence-electron chi connectivity index (χ0n) is 11.5. The average Bonchev–Trinajstić information content (AvgIpc) is 2.94. The summed E-state index contributed by atoms with van der Waals surface area (Å²) in [5, 5.41) is 2.85. The van der Waals surface area contributed by atoms with Gasteiger partial charge in [-0.2, -0.15) is 0 Å². The first-order valence-electron chi connectivity index (χ1n) is 7.02. The first-order chi connectivity index (χ1) is 9.63. The second-order valence-corrected chi connectivity index (χ2v) is 6.73. The minimum atomic E-state index is -0.0559. The Morgan fingerprint density at radius 3 is 2.90 bits per heavy atom. The summed E-state index contributed by atoms with van der Waals surface area (Å²) in [7, 11) is 0. The van der Waals surface area contributed by atoms with Crippen LogP contribution >= 0.6 is 11.8 Å². The van der Waals surface area contributed by atoms with E-state index >= 15 is 0 Å². The molecule has 1 fully saturated rings. The third-order valence-corrected chi connectivity index (χ3v) is 4.97. The summed E-state index contributed by atoms with van der Waals surface area (Å²) in [6.45, 7) is 3.66. The molecule has 1 aromatic carbocycles. The van der Waals surface area contributed by atoms with E-state index in [-0.39, 0.29) is 17.1 Å². The highest BCUT2D eigenvalue weighted by atomic mass is 32.2. The van der Waals surface area contributed by atoms with Crippen LogP contribution < -0.4 is 5.32 Å². The van der Waals surface area contributed by atoms with Crippen LogP contribution in [0.25, 0.3) is 0 Å². The molecule has 0 saturated carbocycles. The molecule has 0 aromatic heterocycles. The number of nitrogens with zero attached hydrogens (tertiary/aromatic N) is 1. The molecular formula is C15H18N2O2S. The largest absolute Gasteiger partial charge is 0.342 e. The molecule has 3 rings (SSSR count). The van der Waals surface area contributed by atoms with Gasteiger partial charge in [-0.05, 0) is 37.5 Å². The average molecular weight is 290 g/mol. The second kappa shape index (κ2) is 5.48. The molecule has 0 aliphatic carbocycles. The molecule has 2 heterocycles. The van der Waals surface area contributed by atoms with E-state index in [0.717, 1.165) is 42.1 Å². The monoisotopic (exact) mass is 290 g/mol. The number of rotatable bonds is 2. The smallest absolute Gasteiger partial charge is 0.237 e. The van der Waals surface area contributed by atoms with E-state index < -0.39 is 0 Å². The lowest BCUT2D eigenvalue weighted by Crippen LogP contribution is -2.29. The van der Waals surface area contributed by atoms with Gasteiger partial charge < -0.3 is 10.2 Å². The van der Waals surface area contributed by atoms with E-state index in [9.17, 15) is 9.59 Å². The van der Waals surface area contributed by atoms with Gasteiger partial charge in [-0.15, -0.1) is 11.8 Å². The number of carbonyl (C=O) groups is 2. The summed E-state index contributed by atoms with van der Waals surface area (Å²) in [5.74, 6) is 0.219. The van der Waals surface area contributed by atoms with Crippen molar-refractivity contribution in [2.75, 3.05) is 18.4 Å². The third-order valence-electron chi connectivity index (χ3n) is 3.79. The quantitative estimate of drug-likeness (QED) is 0.909. The summed E-state index contributed by atoms with van der Waals surface area (Å²) in [4.78, 5) is 26.8. The van der Waals surface area contributed by atoms with Crippen LogP contribution in [0.2, 0.25) is 0 Å². The van der Waals surface area contributed by atoms with Gasteiger partial charge in [0.1, 0.15) is 0 Å². The zero-order chi connectivity index (χ0) is 14.1. The van der Waals surface area contributed by atoms with Crippen LogP contribution in [0.5, 0.6) is 0 Å². The highest BCUT2D eigenvalue weighted by Gasteiger charge is 2.24. The fraction of sp³-hybridized carbons (Fsp3) is 0.467. The van der Waals surface area contributed by atoms with E-state index in [1.165, 1.54) is 0 Å². The number of hydrogen-bond donors (Lipinski definition) is 1. The van der Waals surface area contributed by atoms with E-state index in [4.69, 9.17) is 0 Å². The molecule has 1 aromatic rings. The van der Waals surface area contributed by atoms with Crippen LogP contribution in [0.4, 0.5) is 5.69 Å². The number of benzene rings is 1. The Morgan fingerprint density at radius 1 is 1.40 bits per heavy atom. The lowest BCUT2D eigenvalue weighted by Gasteiger charge is -2.22. The van der Waals surface area contributed by atoms with Crippen molar-refractivity contribution in [3.8, 4) is 0 Å². The van der Waals surface area contributed by atoms with Crippen molar-refractivity contribution in [1.82, 2.24) is 4.90 Å². The first-order valence-corrected chi connectivity index (χ1v) is 7.89. The van der Waals surface area contributed by atoms with Gasteiger partial charge in [0.15, 0.2) is 0 Å². The molecular weight excluding hydrogens is 272 g/mol. The minimum absolute atomic E-state index is 0.0329. The van der Waals surface area contributed by atoms with Gasteiger partial charge >= 0.3 is 0 Å². The fourth-order valence-corrected chi connectivity index (χ4v) is 3.55. The normalized spacial score (nSPS) is 21.6. The Hall–Kier alpha value is -1.49. The highest BCUT2D eigenvalue weighted by molar-refractivity contribution is 8.00. The van der Waals surface area contributed by atoms with Crippen molar-refractivity contribution in [3.05, 3.63) is 23.8 Å². The number of thioether (sulfide) groups is 1. The van der Waals surface area contributed by atoms with Crippen LogP contribution in [0, 0.1) is 0 Å². The van der Waals surface area contributed by atoms with Crippen LogP contribution in [0.3, 0.4) is 0 Å². The third kappa shape index (κ3) is 2.68. The molecule has 0 bridgehead atoms. The topological polar surface area (TPSA) is 49.4 Å². The number of hydrogen-bond acceptors (Lipinski definition) is 3. The lowest BCUT2D eigenvalue weighted by molar-refractivity contribution is -0.129. The molecule has 1 saturated heterocycles. The van der Waals surface area contributed by atoms with Crippen LogP contribution in [-0.2, 0) is 16.0 Å². The Labute approximate surface area is 122 Å². The number of likely N-dealkylation sites (tertiary alicyclic amines) is 1. The maximum atomic E-state index is 12.1. The molecule has 0 spiro atoms. The summed E-state index contributed by atoms with van der Waals surface area (Å²) in [6, 6.07) is 5.92. The van der Waals surface area contributed by atoms with E-state index in [1.807, 2.05) is 30.0 Å². The maximum absolute atomic E-state index is 12.1. The van der Waals surface area contributed by atoms with Gasteiger partial charge in [0.25, 0.3) is 0 Å². The van der Waals surface area contributed by atoms with Gasteiger partial charge in [0, 0.05) is 18.0 Å². The summed E-state index contributed by atoms with van der Waals surface area (Å²) in [5.41, 5.74) is 1.81. The Morgan fingerprint density at radius 2 is 2.15 bits per heavy atom. The molecule has 20 heavy (non-hydrogen) atoms. The van der Waals surface area contributed by atoms with Crippen molar-refractivity contribution in [2.45, 2.75) is 36.3 Å². The Bertz CT molecular complexity index is 553. The van der Waals surface area contributed by atoms with Gasteiger partial charge in [0.2, 0.25) is 11.8 Å². The molecule has 2 aliphatic heterocycles. The highest BCUT2D eigenvalue weighted by Crippen LogP contribution is 2.36. The SMILES string of the molecule is CC1Sc2ccc(CC(=O)N3CCCC3)cc2NC1=O. The van der Waals surface area contributed by atoms with Gasteiger partial charge in [0.05, 0.1) is 17.4 Å². The number of amides is 2. The van der Waals surface area contributed by atoms with Crippen molar-refractivity contribution in [1.29, 1.82) is 0 Å². The number of nitrogens with one attached hydrogen (secondary N) is 1. The van der Waals surface area contributed by atoms with Gasteiger partial charge in [-0.25, -0.2) is 0 Å². The van der Waals surface area contributed by atoms with E-state index in [2.05, 4.69) is 5.32 Å². The van der Waals surface area contributed by atoms with Crippen molar-refractivity contribution in [2.24, 2.45) is 0 Å². The number of carbonyl (C=O) groups excluding carboxylic acids is 2. The number of fused-ring (bicyclic) bond motifs is 1. The Balaban J connectivity index is 1.74. The van der Waals surface area contributed by atoms with Crippen molar-refractivity contribution < 1.29 is 9.59 Å². The van der Waals surface area contributed by atoms with Gasteiger partial charge in [-0.3, -0.25) is 9.59 Å². The Kier molecular flexibility index (Phi) is 3.70. The molecule has 106 valence electrons. The summed E-state index contributed by atoms with van der Waals surface area (Å²) < 4.78 is 0. The van der Waals surface area contributed by atoms with Crippen LogP contribution in [0.15, 0.2) is 23.1 Å². The molecule has 1 unspecified atom stereocenters. The first kappa shape index (κ1) is 13.5. The maximum Gasteiger partial charge on any atom is 0.237 e. The summed E-state index contributed by atoms with van der Waals surface area (Å²) in [6.07, 6.45) is 2.64. The lowest BCUT2D eigenvalue weighted by atomic mass is 10.1. The molecule has 1 atom stereocenters.